The average Bonchev–Trinajstić information content (AvgIpc) is 3.10. The number of rotatable bonds is 7. The van der Waals surface area contributed by atoms with E-state index in [0.29, 0.717) is 31.0 Å². The molecule has 0 saturated carbocycles. The fourth-order valence-electron chi connectivity index (χ4n) is 3.59. The van der Waals surface area contributed by atoms with Crippen LogP contribution in [0.25, 0.3) is 0 Å². The molecule has 1 aliphatic heterocycles. The van der Waals surface area contributed by atoms with Gasteiger partial charge in [0.05, 0.1) is 20.1 Å². The van der Waals surface area contributed by atoms with Crippen molar-refractivity contribution >= 4 is 17.5 Å². The number of aryl methyl sites for hydroxylation is 1. The number of amides is 2. The number of hydrogen-bond acceptors (Lipinski definition) is 4. The maximum absolute atomic E-state index is 12.7. The summed E-state index contributed by atoms with van der Waals surface area (Å²) < 4.78 is 10.6. The zero-order chi connectivity index (χ0) is 21.0. The van der Waals surface area contributed by atoms with E-state index in [4.69, 9.17) is 9.47 Å². The normalized spacial score (nSPS) is 16.1. The highest BCUT2D eigenvalue weighted by molar-refractivity contribution is 5.97. The maximum Gasteiger partial charge on any atom is 0.229 e. The molecule has 6 nitrogen and oxygen atoms in total. The molecule has 2 aromatic rings. The van der Waals surface area contributed by atoms with Crippen LogP contribution in [0.3, 0.4) is 0 Å². The second kappa shape index (κ2) is 8.99. The van der Waals surface area contributed by atoms with Gasteiger partial charge in [-0.25, -0.2) is 0 Å². The molecule has 0 bridgehead atoms. The first kappa shape index (κ1) is 20.7. The van der Waals surface area contributed by atoms with Crippen LogP contribution in [0.15, 0.2) is 36.4 Å². The second-order valence-corrected chi connectivity index (χ2v) is 7.42. The zero-order valence-electron chi connectivity index (χ0n) is 17.5. The molecule has 154 valence electrons. The van der Waals surface area contributed by atoms with Crippen molar-refractivity contribution in [3.05, 3.63) is 53.1 Å². The minimum atomic E-state index is -0.326. The molecular formula is C23H28N2O4. The monoisotopic (exact) mass is 396 g/mol. The van der Waals surface area contributed by atoms with E-state index in [2.05, 4.69) is 5.32 Å². The molecule has 1 N–H and O–H groups in total. The van der Waals surface area contributed by atoms with Gasteiger partial charge >= 0.3 is 0 Å². The van der Waals surface area contributed by atoms with Crippen LogP contribution < -0.4 is 14.8 Å². The lowest BCUT2D eigenvalue weighted by atomic mass is 10.1. The molecule has 0 radical (unpaired) electrons. The van der Waals surface area contributed by atoms with Crippen LogP contribution in [0, 0.1) is 19.8 Å². The Morgan fingerprint density at radius 2 is 1.90 bits per heavy atom. The van der Waals surface area contributed by atoms with Crippen LogP contribution in [-0.4, -0.2) is 44.0 Å². The van der Waals surface area contributed by atoms with Crippen molar-refractivity contribution in [2.45, 2.75) is 26.7 Å². The van der Waals surface area contributed by atoms with Gasteiger partial charge in [-0.3, -0.25) is 9.59 Å². The van der Waals surface area contributed by atoms with Crippen molar-refractivity contribution in [2.75, 3.05) is 32.6 Å². The van der Waals surface area contributed by atoms with Crippen molar-refractivity contribution in [1.29, 1.82) is 0 Å². The van der Waals surface area contributed by atoms with Crippen LogP contribution in [-0.2, 0) is 16.0 Å². The van der Waals surface area contributed by atoms with Gasteiger partial charge in [-0.05, 0) is 55.2 Å². The summed E-state index contributed by atoms with van der Waals surface area (Å²) in [7, 11) is 3.20. The summed E-state index contributed by atoms with van der Waals surface area (Å²) in [5.41, 5.74) is 4.04. The summed E-state index contributed by atoms with van der Waals surface area (Å²) in [6, 6.07) is 11.6. The van der Waals surface area contributed by atoms with Gasteiger partial charge < -0.3 is 19.7 Å². The molecule has 2 aromatic carbocycles. The standard InChI is InChI=1S/C23H28N2O4/c1-15-6-5-7-19(16(15)2)24-23(27)18-13-22(26)25(14-18)11-10-17-8-9-20(28-3)21(12-17)29-4/h5-9,12,18H,10-11,13-14H2,1-4H3,(H,24,27). The van der Waals surface area contributed by atoms with Crippen molar-refractivity contribution in [3.63, 3.8) is 0 Å². The van der Waals surface area contributed by atoms with Crippen LogP contribution in [0.2, 0.25) is 0 Å². The predicted octanol–water partition coefficient (Wildman–Crippen LogP) is 3.35. The predicted molar refractivity (Wildman–Crippen MR) is 112 cm³/mol. The quantitative estimate of drug-likeness (QED) is 0.779. The number of carbonyl (C=O) groups is 2. The average molecular weight is 396 g/mol. The highest BCUT2D eigenvalue weighted by atomic mass is 16.5. The van der Waals surface area contributed by atoms with Crippen molar-refractivity contribution in [2.24, 2.45) is 5.92 Å². The van der Waals surface area contributed by atoms with Gasteiger partial charge in [0.25, 0.3) is 0 Å². The van der Waals surface area contributed by atoms with Crippen LogP contribution in [0.4, 0.5) is 5.69 Å². The van der Waals surface area contributed by atoms with E-state index in [1.54, 1.807) is 19.1 Å². The molecule has 1 unspecified atom stereocenters. The Hall–Kier alpha value is -3.02. The molecule has 29 heavy (non-hydrogen) atoms. The molecular weight excluding hydrogens is 368 g/mol. The number of nitrogens with one attached hydrogen (secondary N) is 1. The molecule has 1 heterocycles. The third kappa shape index (κ3) is 4.70. The Morgan fingerprint density at radius 3 is 2.62 bits per heavy atom. The van der Waals surface area contributed by atoms with Gasteiger partial charge in [-0.1, -0.05) is 18.2 Å². The van der Waals surface area contributed by atoms with E-state index in [1.807, 2.05) is 50.2 Å². The minimum Gasteiger partial charge on any atom is -0.493 e. The third-order valence-corrected chi connectivity index (χ3v) is 5.57. The number of methoxy groups -OCH3 is 2. The smallest absolute Gasteiger partial charge is 0.229 e. The second-order valence-electron chi connectivity index (χ2n) is 7.42. The molecule has 2 amide bonds. The van der Waals surface area contributed by atoms with E-state index in [1.165, 1.54) is 0 Å². The first-order valence-corrected chi connectivity index (χ1v) is 9.78. The summed E-state index contributed by atoms with van der Waals surface area (Å²) in [6.45, 7) is 5.02. The lowest BCUT2D eigenvalue weighted by Gasteiger charge is -2.17. The van der Waals surface area contributed by atoms with Crippen molar-refractivity contribution < 1.29 is 19.1 Å². The summed E-state index contributed by atoms with van der Waals surface area (Å²) in [5, 5.41) is 2.99. The van der Waals surface area contributed by atoms with Crippen LogP contribution >= 0.6 is 0 Å². The Kier molecular flexibility index (Phi) is 6.42. The molecule has 1 aliphatic rings. The fraction of sp³-hybridized carbons (Fsp3) is 0.391. The zero-order valence-corrected chi connectivity index (χ0v) is 17.5. The molecule has 1 fully saturated rings. The number of nitrogens with zero attached hydrogens (tertiary/aromatic N) is 1. The molecule has 1 saturated heterocycles. The van der Waals surface area contributed by atoms with Gasteiger partial charge in [0, 0.05) is 25.2 Å². The van der Waals surface area contributed by atoms with Gasteiger partial charge in [-0.15, -0.1) is 0 Å². The first-order chi connectivity index (χ1) is 13.9. The van der Waals surface area contributed by atoms with Gasteiger partial charge in [0.15, 0.2) is 11.5 Å². The van der Waals surface area contributed by atoms with Crippen molar-refractivity contribution in [1.82, 2.24) is 4.90 Å². The first-order valence-electron chi connectivity index (χ1n) is 9.78. The van der Waals surface area contributed by atoms with Crippen LogP contribution in [0.1, 0.15) is 23.1 Å². The Morgan fingerprint density at radius 1 is 1.14 bits per heavy atom. The number of likely N-dealkylation sites (tertiary alicyclic amines) is 1. The lowest BCUT2D eigenvalue weighted by Crippen LogP contribution is -2.30. The Balaban J connectivity index is 1.59. The summed E-state index contributed by atoms with van der Waals surface area (Å²) in [4.78, 5) is 26.9. The fourth-order valence-corrected chi connectivity index (χ4v) is 3.59. The number of anilines is 1. The molecule has 3 rings (SSSR count). The lowest BCUT2D eigenvalue weighted by molar-refractivity contribution is -0.128. The minimum absolute atomic E-state index is 0.0200. The summed E-state index contributed by atoms with van der Waals surface area (Å²) in [5.74, 6) is 0.945. The van der Waals surface area contributed by atoms with Crippen molar-refractivity contribution in [3.8, 4) is 11.5 Å². The maximum atomic E-state index is 12.7. The molecule has 1 atom stereocenters. The number of benzene rings is 2. The van der Waals surface area contributed by atoms with Gasteiger partial charge in [-0.2, -0.15) is 0 Å². The number of hydrogen-bond donors (Lipinski definition) is 1. The van der Waals surface area contributed by atoms with E-state index >= 15 is 0 Å². The van der Waals surface area contributed by atoms with Gasteiger partial charge in [0.2, 0.25) is 11.8 Å². The Bertz CT molecular complexity index is 910. The molecule has 0 aliphatic carbocycles. The summed E-state index contributed by atoms with van der Waals surface area (Å²) >= 11 is 0. The van der Waals surface area contributed by atoms with E-state index in [0.717, 1.165) is 22.4 Å². The van der Waals surface area contributed by atoms with E-state index in [9.17, 15) is 9.59 Å². The molecule has 6 heteroatoms. The third-order valence-electron chi connectivity index (χ3n) is 5.57. The van der Waals surface area contributed by atoms with E-state index in [-0.39, 0.29) is 24.2 Å². The number of carbonyl (C=O) groups excluding carboxylic acids is 2. The topological polar surface area (TPSA) is 67.9 Å². The molecule has 0 aromatic heterocycles. The highest BCUT2D eigenvalue weighted by Gasteiger charge is 2.34. The Labute approximate surface area is 171 Å². The number of ether oxygens (including phenoxy) is 2. The molecule has 0 spiro atoms. The van der Waals surface area contributed by atoms with Crippen LogP contribution in [0.5, 0.6) is 11.5 Å². The SMILES string of the molecule is COc1ccc(CCN2CC(C(=O)Nc3cccc(C)c3C)CC2=O)cc1OC. The summed E-state index contributed by atoms with van der Waals surface area (Å²) in [6.07, 6.45) is 0.944. The van der Waals surface area contributed by atoms with Gasteiger partial charge in [0.1, 0.15) is 0 Å². The van der Waals surface area contributed by atoms with E-state index < -0.39 is 0 Å². The largest absolute Gasteiger partial charge is 0.493 e. The highest BCUT2D eigenvalue weighted by Crippen LogP contribution is 2.28.